The molecule has 0 aromatic heterocycles. The molecule has 0 atom stereocenters. The largest absolute Gasteiger partial charge is 0.469 e. The number of hydrogen-bond acceptors (Lipinski definition) is 4. The second kappa shape index (κ2) is 6.58. The highest BCUT2D eigenvalue weighted by atomic mass is 35.5. The minimum atomic E-state index is -0.357. The van der Waals surface area contributed by atoms with Crippen LogP contribution < -0.4 is 0 Å². The molecule has 0 saturated carbocycles. The predicted molar refractivity (Wildman–Crippen MR) is 58.4 cm³/mol. The number of carbonyl (C=O) groups excluding carboxylic acids is 2. The van der Waals surface area contributed by atoms with Crippen LogP contribution in [-0.2, 0) is 14.3 Å². The van der Waals surface area contributed by atoms with Crippen molar-refractivity contribution in [3.8, 4) is 0 Å². The third-order valence-corrected chi connectivity index (χ3v) is 2.74. The van der Waals surface area contributed by atoms with Crippen LogP contribution in [0.5, 0.6) is 0 Å². The molecule has 0 N–H and O–H groups in total. The van der Waals surface area contributed by atoms with Crippen LogP contribution in [0.25, 0.3) is 0 Å². The Morgan fingerprint density at radius 2 is 2.00 bits per heavy atom. The number of esters is 1. The smallest absolute Gasteiger partial charge is 0.409 e. The summed E-state index contributed by atoms with van der Waals surface area (Å²) in [6.07, 6.45) is 0.898. The molecule has 0 unspecified atom stereocenters. The van der Waals surface area contributed by atoms with E-state index in [-0.39, 0.29) is 24.6 Å². The van der Waals surface area contributed by atoms with E-state index in [0.29, 0.717) is 31.8 Å². The lowest BCUT2D eigenvalue weighted by Crippen LogP contribution is -2.41. The van der Waals surface area contributed by atoms with Gasteiger partial charge in [0, 0.05) is 13.1 Å². The standard InChI is InChI=1S/C10H16ClNO4/c1-15-9(13)8-2-5-12(6-3-8)10(14)16-7-4-11/h8H,2-7H2,1H3. The summed E-state index contributed by atoms with van der Waals surface area (Å²) in [5.41, 5.74) is 0. The lowest BCUT2D eigenvalue weighted by molar-refractivity contribution is -0.146. The molecule has 0 aliphatic carbocycles. The van der Waals surface area contributed by atoms with Gasteiger partial charge in [0.05, 0.1) is 18.9 Å². The molecule has 1 aliphatic heterocycles. The van der Waals surface area contributed by atoms with E-state index in [0.717, 1.165) is 0 Å². The number of halogens is 1. The molecule has 1 aliphatic rings. The van der Waals surface area contributed by atoms with Crippen molar-refractivity contribution in [1.82, 2.24) is 4.90 Å². The summed E-state index contributed by atoms with van der Waals surface area (Å²) in [6, 6.07) is 0. The summed E-state index contributed by atoms with van der Waals surface area (Å²) in [5, 5.41) is 0. The van der Waals surface area contributed by atoms with Gasteiger partial charge in [-0.05, 0) is 12.8 Å². The summed E-state index contributed by atoms with van der Waals surface area (Å²) in [7, 11) is 1.38. The van der Waals surface area contributed by atoms with E-state index >= 15 is 0 Å². The van der Waals surface area contributed by atoms with Crippen LogP contribution in [-0.4, -0.2) is 49.6 Å². The first kappa shape index (κ1) is 13.1. The molecule has 1 rings (SSSR count). The predicted octanol–water partition coefficient (Wildman–Crippen LogP) is 1.25. The Bertz CT molecular complexity index is 251. The Morgan fingerprint density at radius 3 is 2.50 bits per heavy atom. The maximum Gasteiger partial charge on any atom is 0.409 e. The number of hydrogen-bond donors (Lipinski definition) is 0. The molecule has 92 valence electrons. The fraction of sp³-hybridized carbons (Fsp3) is 0.800. The van der Waals surface area contributed by atoms with E-state index in [4.69, 9.17) is 16.3 Å². The van der Waals surface area contributed by atoms with Crippen molar-refractivity contribution in [1.29, 1.82) is 0 Å². The van der Waals surface area contributed by atoms with Gasteiger partial charge in [-0.1, -0.05) is 0 Å². The van der Waals surface area contributed by atoms with E-state index in [1.54, 1.807) is 4.90 Å². The van der Waals surface area contributed by atoms with Crippen LogP contribution in [0.2, 0.25) is 0 Å². The molecule has 1 heterocycles. The summed E-state index contributed by atoms with van der Waals surface area (Å²) in [5.74, 6) is 0.000491. The number of methoxy groups -OCH3 is 1. The van der Waals surface area contributed by atoms with E-state index in [1.165, 1.54) is 7.11 Å². The van der Waals surface area contributed by atoms with Crippen LogP contribution in [0.3, 0.4) is 0 Å². The maximum absolute atomic E-state index is 11.4. The van der Waals surface area contributed by atoms with Crippen LogP contribution in [0.4, 0.5) is 4.79 Å². The number of carbonyl (C=O) groups is 2. The molecule has 5 nitrogen and oxygen atoms in total. The zero-order chi connectivity index (χ0) is 12.0. The van der Waals surface area contributed by atoms with Crippen molar-refractivity contribution < 1.29 is 19.1 Å². The van der Waals surface area contributed by atoms with Crippen molar-refractivity contribution in [3.05, 3.63) is 0 Å². The molecule has 1 amide bonds. The fourth-order valence-electron chi connectivity index (χ4n) is 1.68. The molecular formula is C10H16ClNO4. The highest BCUT2D eigenvalue weighted by molar-refractivity contribution is 6.18. The zero-order valence-electron chi connectivity index (χ0n) is 9.28. The van der Waals surface area contributed by atoms with Gasteiger partial charge < -0.3 is 14.4 Å². The third kappa shape index (κ3) is 3.56. The van der Waals surface area contributed by atoms with Crippen molar-refractivity contribution in [3.63, 3.8) is 0 Å². The summed E-state index contributed by atoms with van der Waals surface area (Å²) in [6.45, 7) is 1.28. The second-order valence-corrected chi connectivity index (χ2v) is 3.97. The number of likely N-dealkylation sites (tertiary alicyclic amines) is 1. The van der Waals surface area contributed by atoms with Crippen molar-refractivity contribution >= 4 is 23.7 Å². The summed E-state index contributed by atoms with van der Waals surface area (Å²) in [4.78, 5) is 24.3. The first-order valence-electron chi connectivity index (χ1n) is 5.24. The Morgan fingerprint density at radius 1 is 1.38 bits per heavy atom. The molecular weight excluding hydrogens is 234 g/mol. The maximum atomic E-state index is 11.4. The minimum absolute atomic E-state index is 0.0953. The molecule has 1 fully saturated rings. The Balaban J connectivity index is 2.31. The summed E-state index contributed by atoms with van der Waals surface area (Å²) >= 11 is 5.41. The van der Waals surface area contributed by atoms with Gasteiger partial charge >= 0.3 is 12.1 Å². The van der Waals surface area contributed by atoms with Gasteiger partial charge in [0.1, 0.15) is 6.61 Å². The fourth-order valence-corrected chi connectivity index (χ4v) is 1.76. The Labute approximate surface area is 99.6 Å². The first-order valence-corrected chi connectivity index (χ1v) is 5.78. The Kier molecular flexibility index (Phi) is 5.38. The molecule has 0 spiro atoms. The average molecular weight is 250 g/mol. The monoisotopic (exact) mass is 249 g/mol. The van der Waals surface area contributed by atoms with Gasteiger partial charge in [0.15, 0.2) is 0 Å². The first-order chi connectivity index (χ1) is 7.69. The van der Waals surface area contributed by atoms with Gasteiger partial charge in [0.2, 0.25) is 0 Å². The number of piperidine rings is 1. The lowest BCUT2D eigenvalue weighted by atomic mass is 9.97. The number of rotatable bonds is 3. The molecule has 0 aromatic carbocycles. The number of alkyl halides is 1. The topological polar surface area (TPSA) is 55.8 Å². The molecule has 16 heavy (non-hydrogen) atoms. The van der Waals surface area contributed by atoms with Crippen LogP contribution >= 0.6 is 11.6 Å². The molecule has 6 heteroatoms. The molecule has 0 bridgehead atoms. The molecule has 1 saturated heterocycles. The van der Waals surface area contributed by atoms with E-state index in [1.807, 2.05) is 0 Å². The molecule has 0 aromatic rings. The van der Waals surface area contributed by atoms with Crippen LogP contribution in [0.1, 0.15) is 12.8 Å². The van der Waals surface area contributed by atoms with E-state index in [9.17, 15) is 9.59 Å². The van der Waals surface area contributed by atoms with Gasteiger partial charge in [-0.25, -0.2) is 4.79 Å². The molecule has 0 radical (unpaired) electrons. The SMILES string of the molecule is COC(=O)C1CCN(C(=O)OCCCl)CC1. The minimum Gasteiger partial charge on any atom is -0.469 e. The lowest BCUT2D eigenvalue weighted by Gasteiger charge is -2.29. The number of ether oxygens (including phenoxy) is 2. The van der Waals surface area contributed by atoms with Crippen molar-refractivity contribution in [2.75, 3.05) is 32.7 Å². The van der Waals surface area contributed by atoms with Gasteiger partial charge in [-0.3, -0.25) is 4.79 Å². The quantitative estimate of drug-likeness (QED) is 0.558. The summed E-state index contributed by atoms with van der Waals surface area (Å²) < 4.78 is 9.55. The number of amides is 1. The average Bonchev–Trinajstić information content (AvgIpc) is 2.35. The highest BCUT2D eigenvalue weighted by Crippen LogP contribution is 2.18. The van der Waals surface area contributed by atoms with Crippen molar-refractivity contribution in [2.24, 2.45) is 5.92 Å². The van der Waals surface area contributed by atoms with Gasteiger partial charge in [-0.2, -0.15) is 0 Å². The van der Waals surface area contributed by atoms with Crippen LogP contribution in [0.15, 0.2) is 0 Å². The van der Waals surface area contributed by atoms with E-state index in [2.05, 4.69) is 4.74 Å². The normalized spacial score (nSPS) is 17.0. The number of nitrogens with zero attached hydrogens (tertiary/aromatic N) is 1. The van der Waals surface area contributed by atoms with E-state index < -0.39 is 0 Å². The van der Waals surface area contributed by atoms with Crippen molar-refractivity contribution in [2.45, 2.75) is 12.8 Å². The zero-order valence-corrected chi connectivity index (χ0v) is 10.0. The van der Waals surface area contributed by atoms with Gasteiger partial charge in [0.25, 0.3) is 0 Å². The third-order valence-electron chi connectivity index (χ3n) is 2.59. The second-order valence-electron chi connectivity index (χ2n) is 3.59. The Hall–Kier alpha value is -0.970. The van der Waals surface area contributed by atoms with Gasteiger partial charge in [-0.15, -0.1) is 11.6 Å². The highest BCUT2D eigenvalue weighted by Gasteiger charge is 2.28. The van der Waals surface area contributed by atoms with Crippen LogP contribution in [0, 0.1) is 5.92 Å².